The van der Waals surface area contributed by atoms with Crippen molar-refractivity contribution in [2.24, 2.45) is 0 Å². The van der Waals surface area contributed by atoms with E-state index >= 15 is 0 Å². The van der Waals surface area contributed by atoms with Crippen molar-refractivity contribution in [1.82, 2.24) is 4.90 Å². The van der Waals surface area contributed by atoms with Gasteiger partial charge in [0.2, 0.25) is 0 Å². The molecule has 1 aromatic rings. The maximum Gasteiger partial charge on any atom is 0.328 e. The van der Waals surface area contributed by atoms with Gasteiger partial charge in [0, 0.05) is 24.7 Å². The zero-order chi connectivity index (χ0) is 15.0. The summed E-state index contributed by atoms with van der Waals surface area (Å²) in [7, 11) is 0. The topological polar surface area (TPSA) is 98.1 Å². The van der Waals surface area contributed by atoms with E-state index in [-0.39, 0.29) is 32.2 Å². The molecule has 20 heavy (non-hydrogen) atoms. The number of nitrogens with zero attached hydrogens (tertiary/aromatic N) is 1. The molecule has 0 bridgehead atoms. The SMILES string of the molecule is O=C(O)C=Cc1ccc(C(=O)N(CCO)CCO)cc1. The summed E-state index contributed by atoms with van der Waals surface area (Å²) >= 11 is 0. The fourth-order valence-corrected chi connectivity index (χ4v) is 1.64. The molecule has 0 spiro atoms. The zero-order valence-electron chi connectivity index (χ0n) is 10.9. The van der Waals surface area contributed by atoms with Crippen molar-refractivity contribution in [1.29, 1.82) is 0 Å². The van der Waals surface area contributed by atoms with Crippen LogP contribution in [0, 0.1) is 0 Å². The highest BCUT2D eigenvalue weighted by Crippen LogP contribution is 2.09. The molecular weight excluding hydrogens is 262 g/mol. The minimum absolute atomic E-state index is 0.153. The number of rotatable bonds is 7. The number of benzene rings is 1. The number of hydrogen-bond donors (Lipinski definition) is 3. The maximum absolute atomic E-state index is 12.1. The van der Waals surface area contributed by atoms with Gasteiger partial charge in [-0.1, -0.05) is 12.1 Å². The van der Waals surface area contributed by atoms with Gasteiger partial charge in [-0.15, -0.1) is 0 Å². The number of aliphatic hydroxyl groups is 2. The Morgan fingerprint density at radius 1 is 1.05 bits per heavy atom. The molecule has 0 aliphatic heterocycles. The lowest BCUT2D eigenvalue weighted by Crippen LogP contribution is -2.35. The van der Waals surface area contributed by atoms with E-state index in [2.05, 4.69) is 0 Å². The number of hydrogen-bond acceptors (Lipinski definition) is 4. The van der Waals surface area contributed by atoms with E-state index in [1.54, 1.807) is 24.3 Å². The standard InChI is InChI=1S/C14H17NO5/c16-9-7-15(8-10-17)14(20)12-4-1-11(2-5-12)3-6-13(18)19/h1-6,16-17H,7-10H2,(H,18,19). The van der Waals surface area contributed by atoms with Crippen LogP contribution in [0.3, 0.4) is 0 Å². The van der Waals surface area contributed by atoms with E-state index < -0.39 is 5.97 Å². The molecule has 108 valence electrons. The van der Waals surface area contributed by atoms with Gasteiger partial charge in [-0.2, -0.15) is 0 Å². The molecule has 0 aliphatic carbocycles. The lowest BCUT2D eigenvalue weighted by atomic mass is 10.1. The average molecular weight is 279 g/mol. The maximum atomic E-state index is 12.1. The molecule has 0 saturated carbocycles. The van der Waals surface area contributed by atoms with E-state index in [4.69, 9.17) is 15.3 Å². The third-order valence-corrected chi connectivity index (χ3v) is 2.60. The molecule has 3 N–H and O–H groups in total. The van der Waals surface area contributed by atoms with Crippen molar-refractivity contribution in [3.63, 3.8) is 0 Å². The number of aliphatic hydroxyl groups excluding tert-OH is 2. The summed E-state index contributed by atoms with van der Waals surface area (Å²) in [4.78, 5) is 23.8. The van der Waals surface area contributed by atoms with Crippen molar-refractivity contribution in [3.05, 3.63) is 41.5 Å². The van der Waals surface area contributed by atoms with Crippen molar-refractivity contribution in [2.45, 2.75) is 0 Å². The molecule has 6 heteroatoms. The Morgan fingerprint density at radius 3 is 2.05 bits per heavy atom. The lowest BCUT2D eigenvalue weighted by Gasteiger charge is -2.20. The second-order valence-electron chi connectivity index (χ2n) is 4.03. The fraction of sp³-hybridized carbons (Fsp3) is 0.286. The number of carboxylic acid groups (broad SMARTS) is 1. The third kappa shape index (κ3) is 4.83. The molecule has 0 saturated heterocycles. The Balaban J connectivity index is 2.80. The highest BCUT2D eigenvalue weighted by molar-refractivity contribution is 5.94. The van der Waals surface area contributed by atoms with Crippen LogP contribution in [0.1, 0.15) is 15.9 Å². The predicted octanol–water partition coefficient (Wildman–Crippen LogP) is 0.211. The summed E-state index contributed by atoms with van der Waals surface area (Å²) in [6.07, 6.45) is 2.44. The normalized spacial score (nSPS) is 10.7. The van der Waals surface area contributed by atoms with E-state index in [1.165, 1.54) is 11.0 Å². The van der Waals surface area contributed by atoms with Gasteiger partial charge >= 0.3 is 5.97 Å². The summed E-state index contributed by atoms with van der Waals surface area (Å²) in [5.74, 6) is -1.33. The van der Waals surface area contributed by atoms with Gasteiger partial charge in [0.1, 0.15) is 0 Å². The van der Waals surface area contributed by atoms with E-state index in [0.717, 1.165) is 6.08 Å². The highest BCUT2D eigenvalue weighted by Gasteiger charge is 2.14. The Labute approximate surface area is 116 Å². The van der Waals surface area contributed by atoms with Gasteiger partial charge in [0.05, 0.1) is 13.2 Å². The molecular formula is C14H17NO5. The third-order valence-electron chi connectivity index (χ3n) is 2.60. The molecule has 0 unspecified atom stereocenters. The van der Waals surface area contributed by atoms with Crippen molar-refractivity contribution >= 4 is 18.0 Å². The number of amides is 1. The van der Waals surface area contributed by atoms with Gasteiger partial charge in [-0.05, 0) is 23.8 Å². The van der Waals surface area contributed by atoms with Crippen LogP contribution >= 0.6 is 0 Å². The summed E-state index contributed by atoms with van der Waals surface area (Å²) in [5.41, 5.74) is 1.08. The number of carbonyl (C=O) groups excluding carboxylic acids is 1. The first-order chi connectivity index (χ1) is 9.58. The molecule has 1 aromatic carbocycles. The summed E-state index contributed by atoms with van der Waals surface area (Å²) in [5, 5.41) is 26.3. The summed E-state index contributed by atoms with van der Waals surface area (Å²) in [6.45, 7) is -0.0452. The van der Waals surface area contributed by atoms with Crippen LogP contribution in [0.2, 0.25) is 0 Å². The molecule has 6 nitrogen and oxygen atoms in total. The predicted molar refractivity (Wildman–Crippen MR) is 73.2 cm³/mol. The Hall–Kier alpha value is -2.18. The van der Waals surface area contributed by atoms with Crippen LogP contribution in [-0.4, -0.2) is 58.4 Å². The largest absolute Gasteiger partial charge is 0.478 e. The lowest BCUT2D eigenvalue weighted by molar-refractivity contribution is -0.131. The van der Waals surface area contributed by atoms with Gasteiger partial charge in [0.15, 0.2) is 0 Å². The molecule has 0 fully saturated rings. The van der Waals surface area contributed by atoms with Gasteiger partial charge in [0.25, 0.3) is 5.91 Å². The Morgan fingerprint density at radius 2 is 1.60 bits per heavy atom. The first kappa shape index (κ1) is 15.9. The van der Waals surface area contributed by atoms with E-state index in [0.29, 0.717) is 11.1 Å². The first-order valence-corrected chi connectivity index (χ1v) is 6.10. The molecule has 1 amide bonds. The number of carboxylic acids is 1. The van der Waals surface area contributed by atoms with Crippen LogP contribution in [0.25, 0.3) is 6.08 Å². The van der Waals surface area contributed by atoms with Crippen molar-refractivity contribution in [3.8, 4) is 0 Å². The molecule has 0 heterocycles. The second kappa shape index (κ2) is 8.08. The molecule has 0 aromatic heterocycles. The van der Waals surface area contributed by atoms with Gasteiger partial charge in [-0.25, -0.2) is 4.79 Å². The smallest absolute Gasteiger partial charge is 0.328 e. The van der Waals surface area contributed by atoms with Crippen LogP contribution in [0.15, 0.2) is 30.3 Å². The minimum Gasteiger partial charge on any atom is -0.478 e. The van der Waals surface area contributed by atoms with Crippen LogP contribution in [-0.2, 0) is 4.79 Å². The van der Waals surface area contributed by atoms with Crippen LogP contribution in [0.5, 0.6) is 0 Å². The Kier molecular flexibility index (Phi) is 6.42. The summed E-state index contributed by atoms with van der Waals surface area (Å²) in [6, 6.07) is 6.41. The fourth-order valence-electron chi connectivity index (χ4n) is 1.64. The average Bonchev–Trinajstić information content (AvgIpc) is 2.44. The monoisotopic (exact) mass is 279 g/mol. The minimum atomic E-state index is -1.04. The quantitative estimate of drug-likeness (QED) is 0.620. The molecule has 0 aliphatic rings. The molecule has 0 radical (unpaired) electrons. The van der Waals surface area contributed by atoms with Gasteiger partial charge < -0.3 is 20.2 Å². The van der Waals surface area contributed by atoms with Crippen molar-refractivity contribution in [2.75, 3.05) is 26.3 Å². The molecule has 0 atom stereocenters. The summed E-state index contributed by atoms with van der Waals surface area (Å²) < 4.78 is 0. The first-order valence-electron chi connectivity index (χ1n) is 6.10. The van der Waals surface area contributed by atoms with Gasteiger partial charge in [-0.3, -0.25) is 4.79 Å². The van der Waals surface area contributed by atoms with E-state index in [1.807, 2.05) is 0 Å². The number of carbonyl (C=O) groups is 2. The number of aliphatic carboxylic acids is 1. The Bertz CT molecular complexity index is 475. The highest BCUT2D eigenvalue weighted by atomic mass is 16.4. The van der Waals surface area contributed by atoms with Crippen molar-refractivity contribution < 1.29 is 24.9 Å². The van der Waals surface area contributed by atoms with Crippen LogP contribution < -0.4 is 0 Å². The molecule has 1 rings (SSSR count). The van der Waals surface area contributed by atoms with E-state index in [9.17, 15) is 9.59 Å². The zero-order valence-corrected chi connectivity index (χ0v) is 10.9. The van der Waals surface area contributed by atoms with Crippen LogP contribution in [0.4, 0.5) is 0 Å². The second-order valence-corrected chi connectivity index (χ2v) is 4.03.